The molecule has 58 heavy (non-hydrogen) atoms. The molecule has 8 nitrogen and oxygen atoms in total. The number of allylic oxidation sites excluding steroid dienone is 6. The third-order valence-electron chi connectivity index (χ3n) is 12.1. The molecule has 2 amide bonds. The van der Waals surface area contributed by atoms with Crippen LogP contribution in [0.3, 0.4) is 0 Å². The van der Waals surface area contributed by atoms with Crippen molar-refractivity contribution >= 4 is 46.0 Å². The fraction of sp³-hybridized carbons (Fsp3) is 0.280. The first-order valence-corrected chi connectivity index (χ1v) is 20.5. The van der Waals surface area contributed by atoms with Gasteiger partial charge in [0.05, 0.1) is 33.9 Å². The number of rotatable bonds is 11. The minimum absolute atomic E-state index is 0.107. The number of carbonyl (C=O) groups is 2. The maximum Gasteiger partial charge on any atom is 0.280 e. The van der Waals surface area contributed by atoms with Crippen LogP contribution in [0, 0.1) is 0 Å². The van der Waals surface area contributed by atoms with Gasteiger partial charge in [-0.05, 0) is 98.5 Å². The Bertz CT molecular complexity index is 2260. The van der Waals surface area contributed by atoms with E-state index in [4.69, 9.17) is 0 Å². The Labute approximate surface area is 342 Å². The summed E-state index contributed by atoms with van der Waals surface area (Å²) in [6, 6.07) is 36.5. The second kappa shape index (κ2) is 15.6. The Balaban J connectivity index is 0.954. The molecule has 8 heteroatoms. The summed E-state index contributed by atoms with van der Waals surface area (Å²) in [5.41, 5.74) is 11.2. The maximum absolute atomic E-state index is 13.5. The summed E-state index contributed by atoms with van der Waals surface area (Å²) in [6.45, 7) is 14.7. The number of hydrogen-bond donors (Lipinski definition) is 0. The SMILES string of the molecule is CC1=NN(c2ccccc2)C(=O)/C1=C/C=C1/N(CCCCCCN2/C(=C/C=C3/C(=O)N(c4ccccc4)N=C3C)C(C)(C)c3ccccc32)c2ccccc2C1(C)C. The Morgan fingerprint density at radius 2 is 0.845 bits per heavy atom. The van der Waals surface area contributed by atoms with Crippen LogP contribution >= 0.6 is 0 Å². The number of nitrogens with zero attached hydrogens (tertiary/aromatic N) is 6. The molecule has 4 aliphatic heterocycles. The number of anilines is 4. The van der Waals surface area contributed by atoms with E-state index in [1.807, 2.05) is 86.7 Å². The molecule has 0 saturated heterocycles. The average molecular weight is 769 g/mol. The molecule has 0 bridgehead atoms. The summed E-state index contributed by atoms with van der Waals surface area (Å²) in [6.07, 6.45) is 12.5. The maximum atomic E-state index is 13.5. The van der Waals surface area contributed by atoms with Gasteiger partial charge in [0.1, 0.15) is 0 Å². The van der Waals surface area contributed by atoms with E-state index in [0.29, 0.717) is 11.1 Å². The molecule has 8 rings (SSSR count). The van der Waals surface area contributed by atoms with Gasteiger partial charge in [0.25, 0.3) is 11.8 Å². The largest absolute Gasteiger partial charge is 0.344 e. The number of para-hydroxylation sites is 4. The van der Waals surface area contributed by atoms with Crippen LogP contribution in [0.5, 0.6) is 0 Å². The van der Waals surface area contributed by atoms with E-state index >= 15 is 0 Å². The third-order valence-corrected chi connectivity index (χ3v) is 12.1. The molecule has 0 aliphatic carbocycles. The molecule has 0 atom stereocenters. The van der Waals surface area contributed by atoms with Gasteiger partial charge in [-0.1, -0.05) is 113 Å². The molecule has 294 valence electrons. The molecule has 0 spiro atoms. The first-order valence-electron chi connectivity index (χ1n) is 20.5. The van der Waals surface area contributed by atoms with Gasteiger partial charge in [-0.3, -0.25) is 9.59 Å². The lowest BCUT2D eigenvalue weighted by Gasteiger charge is -2.28. The molecule has 0 N–H and O–H groups in total. The molecule has 4 aromatic rings. The van der Waals surface area contributed by atoms with E-state index < -0.39 is 0 Å². The number of carbonyl (C=O) groups excluding carboxylic acids is 2. The van der Waals surface area contributed by atoms with E-state index in [1.165, 1.54) is 43.9 Å². The second-order valence-corrected chi connectivity index (χ2v) is 16.5. The van der Waals surface area contributed by atoms with E-state index in [2.05, 4.69) is 108 Å². The molecule has 4 heterocycles. The van der Waals surface area contributed by atoms with Crippen LogP contribution in [0.2, 0.25) is 0 Å². The molecular formula is C50H52N6O2. The predicted molar refractivity (Wildman–Crippen MR) is 239 cm³/mol. The normalized spacial score (nSPS) is 20.9. The standard InChI is InChI=1S/C50H52N6O2/c1-35-39(47(57)55(51-35)37-21-11-9-12-22-37)29-31-45-49(3,4)41-25-15-17-27-43(41)53(45)33-19-7-8-20-34-54-44-28-18-16-26-42(44)50(5,6)46(54)32-30-40-36(2)52-56(48(40)58)38-23-13-10-14-24-38/h9-18,21-32H,7-8,19-20,33-34H2,1-6H3/b39-29+,40-30+,45-31+,46-32+. The smallest absolute Gasteiger partial charge is 0.280 e. The zero-order chi connectivity index (χ0) is 40.6. The first kappa shape index (κ1) is 38.6. The van der Waals surface area contributed by atoms with Gasteiger partial charge >= 0.3 is 0 Å². The van der Waals surface area contributed by atoms with Crippen molar-refractivity contribution in [3.05, 3.63) is 167 Å². The predicted octanol–water partition coefficient (Wildman–Crippen LogP) is 10.6. The molecule has 0 saturated carbocycles. The number of amides is 2. The van der Waals surface area contributed by atoms with Crippen molar-refractivity contribution in [2.75, 3.05) is 32.9 Å². The fourth-order valence-corrected chi connectivity index (χ4v) is 8.89. The summed E-state index contributed by atoms with van der Waals surface area (Å²) >= 11 is 0. The van der Waals surface area contributed by atoms with Crippen molar-refractivity contribution in [1.82, 2.24) is 0 Å². The van der Waals surface area contributed by atoms with E-state index in [1.54, 1.807) is 0 Å². The van der Waals surface area contributed by atoms with Gasteiger partial charge in [-0.15, -0.1) is 0 Å². The monoisotopic (exact) mass is 768 g/mol. The minimum atomic E-state index is -0.221. The lowest BCUT2D eigenvalue weighted by atomic mass is 9.83. The quantitative estimate of drug-likeness (QED) is 0.113. The summed E-state index contributed by atoms with van der Waals surface area (Å²) in [5, 5.41) is 12.2. The summed E-state index contributed by atoms with van der Waals surface area (Å²) < 4.78 is 0. The van der Waals surface area contributed by atoms with Crippen LogP contribution in [0.4, 0.5) is 22.7 Å². The Morgan fingerprint density at radius 1 is 0.483 bits per heavy atom. The van der Waals surface area contributed by atoms with Gasteiger partial charge < -0.3 is 9.80 Å². The zero-order valence-electron chi connectivity index (χ0n) is 34.4. The van der Waals surface area contributed by atoms with Crippen LogP contribution in [0.1, 0.15) is 78.4 Å². The van der Waals surface area contributed by atoms with Crippen LogP contribution in [-0.4, -0.2) is 36.3 Å². The topological polar surface area (TPSA) is 71.8 Å². The Hall–Kier alpha value is -6.28. The first-order chi connectivity index (χ1) is 28.0. The van der Waals surface area contributed by atoms with Gasteiger partial charge in [0, 0.05) is 46.7 Å². The molecule has 0 unspecified atom stereocenters. The van der Waals surface area contributed by atoms with Crippen molar-refractivity contribution in [3.8, 4) is 0 Å². The van der Waals surface area contributed by atoms with Crippen LogP contribution < -0.4 is 19.8 Å². The molecular weight excluding hydrogens is 717 g/mol. The minimum Gasteiger partial charge on any atom is -0.344 e. The molecule has 4 aliphatic rings. The van der Waals surface area contributed by atoms with Crippen molar-refractivity contribution in [1.29, 1.82) is 0 Å². The van der Waals surface area contributed by atoms with Crippen molar-refractivity contribution in [3.63, 3.8) is 0 Å². The zero-order valence-corrected chi connectivity index (χ0v) is 34.4. The van der Waals surface area contributed by atoms with Gasteiger partial charge in [-0.25, -0.2) is 0 Å². The van der Waals surface area contributed by atoms with Crippen molar-refractivity contribution in [2.45, 2.75) is 78.1 Å². The van der Waals surface area contributed by atoms with E-state index in [0.717, 1.165) is 61.6 Å². The number of fused-ring (bicyclic) bond motifs is 2. The highest BCUT2D eigenvalue weighted by Crippen LogP contribution is 2.49. The number of hydrogen-bond acceptors (Lipinski definition) is 6. The highest BCUT2D eigenvalue weighted by Gasteiger charge is 2.41. The van der Waals surface area contributed by atoms with Crippen molar-refractivity contribution < 1.29 is 9.59 Å². The van der Waals surface area contributed by atoms with Gasteiger partial charge in [0.2, 0.25) is 0 Å². The number of hydrazone groups is 2. The third kappa shape index (κ3) is 6.91. The number of benzene rings is 4. The van der Waals surface area contributed by atoms with Crippen LogP contribution in [-0.2, 0) is 20.4 Å². The van der Waals surface area contributed by atoms with E-state index in [-0.39, 0.29) is 22.6 Å². The van der Waals surface area contributed by atoms with Crippen molar-refractivity contribution in [2.24, 2.45) is 10.2 Å². The van der Waals surface area contributed by atoms with Crippen LogP contribution in [0.15, 0.2) is 166 Å². The Kier molecular flexibility index (Phi) is 10.4. The van der Waals surface area contributed by atoms with Gasteiger partial charge in [0.15, 0.2) is 0 Å². The Morgan fingerprint density at radius 3 is 1.24 bits per heavy atom. The highest BCUT2D eigenvalue weighted by molar-refractivity contribution is 6.30. The van der Waals surface area contributed by atoms with Gasteiger partial charge in [-0.2, -0.15) is 20.2 Å². The highest BCUT2D eigenvalue weighted by atomic mass is 16.2. The fourth-order valence-electron chi connectivity index (χ4n) is 8.89. The summed E-state index contributed by atoms with van der Waals surface area (Å²) in [5.74, 6) is -0.213. The molecule has 0 fully saturated rings. The average Bonchev–Trinajstić information content (AvgIpc) is 3.84. The number of unbranched alkanes of at least 4 members (excludes halogenated alkanes) is 3. The molecule has 4 aromatic carbocycles. The lowest BCUT2D eigenvalue weighted by molar-refractivity contribution is -0.115. The second-order valence-electron chi connectivity index (χ2n) is 16.5. The molecule has 0 radical (unpaired) electrons. The van der Waals surface area contributed by atoms with Crippen LogP contribution in [0.25, 0.3) is 0 Å². The summed E-state index contributed by atoms with van der Waals surface area (Å²) in [7, 11) is 0. The lowest BCUT2D eigenvalue weighted by Crippen LogP contribution is -2.28. The molecule has 0 aromatic heterocycles. The van der Waals surface area contributed by atoms with E-state index in [9.17, 15) is 9.59 Å². The summed E-state index contributed by atoms with van der Waals surface area (Å²) in [4.78, 5) is 32.0.